The summed E-state index contributed by atoms with van der Waals surface area (Å²) >= 11 is 0. The van der Waals surface area contributed by atoms with Crippen LogP contribution in [0.1, 0.15) is 70.4 Å². The molecule has 380 valence electrons. The zero-order chi connectivity index (χ0) is 49.0. The standard InChI is InChI=1S/C49H68N10O10S/c1-3-4-18-51-48-52-33-39-40(34-58(46(39)54-48)36-10-12-37(60)13-11-36)35-8-14-38(15-9-35)70(64,65)57-22-20-56(21-23-57)24-26-67-28-30-69-32-31-68-29-27-66-25-19-50-41-6-5-7-42-45(41)55(2)49(63)59(42)43-16-17-44(61)53-47(43)62/h5-9,14-15,33-34,36-37,43,50,60H,3-4,10-13,16-32H2,1-2H3,(H,51,52,54)(H,53,61,62). The highest BCUT2D eigenvalue weighted by molar-refractivity contribution is 7.89. The summed E-state index contributed by atoms with van der Waals surface area (Å²) in [5, 5.41) is 20.1. The van der Waals surface area contributed by atoms with E-state index < -0.39 is 22.0 Å². The number of amides is 2. The molecule has 2 saturated heterocycles. The number of nitrogens with one attached hydrogen (secondary N) is 3. The molecule has 0 radical (unpaired) electrons. The molecule has 2 aromatic carbocycles. The molecule has 20 nitrogen and oxygen atoms in total. The zero-order valence-electron chi connectivity index (χ0n) is 40.4. The van der Waals surface area contributed by atoms with Crippen LogP contribution in [0.15, 0.2) is 64.5 Å². The average molecular weight is 989 g/mol. The molecule has 0 bridgehead atoms. The number of nitrogens with zero attached hydrogens (tertiary/aromatic N) is 7. The number of anilines is 2. The number of unbranched alkanes of at least 4 members (excludes halogenated alkanes) is 1. The average Bonchev–Trinajstić information content (AvgIpc) is 3.87. The molecule has 1 atom stereocenters. The molecular formula is C49H68N10O10S. The third kappa shape index (κ3) is 12.2. The lowest BCUT2D eigenvalue weighted by Crippen LogP contribution is -2.49. The molecule has 1 aliphatic carbocycles. The molecular weight excluding hydrogens is 921 g/mol. The van der Waals surface area contributed by atoms with Crippen molar-refractivity contribution in [2.75, 3.05) is 109 Å². The van der Waals surface area contributed by atoms with Gasteiger partial charge in [-0.05, 0) is 68.4 Å². The number of rotatable bonds is 25. The Hall–Kier alpha value is -5.26. The van der Waals surface area contributed by atoms with E-state index >= 15 is 0 Å². The number of hydrogen-bond acceptors (Lipinski definition) is 15. The quantitative estimate of drug-likeness (QED) is 0.0481. The third-order valence-electron chi connectivity index (χ3n) is 13.4. The minimum absolute atomic E-state index is 0.183. The van der Waals surface area contributed by atoms with Crippen LogP contribution in [0, 0.1) is 0 Å². The summed E-state index contributed by atoms with van der Waals surface area (Å²) in [6.07, 6.45) is 9.49. The van der Waals surface area contributed by atoms with E-state index in [1.54, 1.807) is 29.6 Å². The number of carbonyl (C=O) groups is 2. The summed E-state index contributed by atoms with van der Waals surface area (Å²) < 4.78 is 57.1. The van der Waals surface area contributed by atoms with Gasteiger partial charge in [0.1, 0.15) is 11.7 Å². The Balaban J connectivity index is 0.683. The molecule has 8 rings (SSSR count). The van der Waals surface area contributed by atoms with Crippen molar-refractivity contribution in [3.05, 3.63) is 65.3 Å². The van der Waals surface area contributed by atoms with Crippen LogP contribution in [-0.4, -0.2) is 163 Å². The van der Waals surface area contributed by atoms with Crippen LogP contribution in [-0.2, 0) is 45.6 Å². The van der Waals surface area contributed by atoms with E-state index in [-0.39, 0.29) is 41.5 Å². The number of imidazole rings is 1. The van der Waals surface area contributed by atoms with Gasteiger partial charge in [0.25, 0.3) is 0 Å². The lowest BCUT2D eigenvalue weighted by molar-refractivity contribution is -0.135. The fourth-order valence-corrected chi connectivity index (χ4v) is 10.9. The minimum atomic E-state index is -3.68. The first kappa shape index (κ1) is 51.1. The summed E-state index contributed by atoms with van der Waals surface area (Å²) in [5.41, 5.74) is 4.41. The van der Waals surface area contributed by atoms with Gasteiger partial charge < -0.3 is 39.3 Å². The number of benzene rings is 2. The van der Waals surface area contributed by atoms with Crippen molar-refractivity contribution in [2.24, 2.45) is 7.05 Å². The first-order chi connectivity index (χ1) is 34.0. The van der Waals surface area contributed by atoms with Gasteiger partial charge in [-0.15, -0.1) is 0 Å². The molecule has 5 heterocycles. The normalized spacial score (nSPS) is 19.6. The number of aryl methyl sites for hydroxylation is 1. The lowest BCUT2D eigenvalue weighted by Gasteiger charge is -2.33. The monoisotopic (exact) mass is 988 g/mol. The first-order valence-corrected chi connectivity index (χ1v) is 26.2. The maximum atomic E-state index is 13.8. The fraction of sp³-hybridized carbons (Fsp3) is 0.571. The summed E-state index contributed by atoms with van der Waals surface area (Å²) in [4.78, 5) is 49.3. The Bertz CT molecular complexity index is 2710. The van der Waals surface area contributed by atoms with Crippen LogP contribution in [0.4, 0.5) is 11.6 Å². The minimum Gasteiger partial charge on any atom is -0.393 e. The van der Waals surface area contributed by atoms with Gasteiger partial charge in [0, 0.05) is 88.7 Å². The topological polar surface area (TPSA) is 226 Å². The Kier molecular flexibility index (Phi) is 17.7. The van der Waals surface area contributed by atoms with Crippen LogP contribution in [0.5, 0.6) is 0 Å². The summed E-state index contributed by atoms with van der Waals surface area (Å²) in [6.45, 7) is 9.64. The Labute approximate surface area is 408 Å². The largest absolute Gasteiger partial charge is 0.393 e. The molecule has 3 aliphatic rings. The number of piperazine rings is 1. The highest BCUT2D eigenvalue weighted by Crippen LogP contribution is 2.37. The van der Waals surface area contributed by atoms with Crippen molar-refractivity contribution < 1.29 is 42.1 Å². The van der Waals surface area contributed by atoms with Crippen molar-refractivity contribution in [1.29, 1.82) is 0 Å². The van der Waals surface area contributed by atoms with Crippen molar-refractivity contribution in [3.63, 3.8) is 0 Å². The predicted molar refractivity (Wildman–Crippen MR) is 265 cm³/mol. The van der Waals surface area contributed by atoms with E-state index in [4.69, 9.17) is 23.9 Å². The number of imide groups is 1. The maximum Gasteiger partial charge on any atom is 0.329 e. The number of aromatic nitrogens is 5. The third-order valence-corrected chi connectivity index (χ3v) is 15.3. The van der Waals surface area contributed by atoms with Gasteiger partial charge in [0.15, 0.2) is 0 Å². The van der Waals surface area contributed by atoms with Crippen molar-refractivity contribution in [2.45, 2.75) is 81.4 Å². The number of aliphatic hydroxyl groups excluding tert-OH is 1. The van der Waals surface area contributed by atoms with Gasteiger partial charge in [-0.2, -0.15) is 9.29 Å². The Morgan fingerprint density at radius 2 is 1.50 bits per heavy atom. The second-order valence-corrected chi connectivity index (χ2v) is 20.1. The number of fused-ring (bicyclic) bond motifs is 2. The molecule has 1 unspecified atom stereocenters. The predicted octanol–water partition coefficient (Wildman–Crippen LogP) is 3.90. The van der Waals surface area contributed by atoms with Crippen LogP contribution in [0.3, 0.4) is 0 Å². The molecule has 0 spiro atoms. The molecule has 4 N–H and O–H groups in total. The summed E-state index contributed by atoms with van der Waals surface area (Å²) in [5.74, 6) is -0.202. The molecule has 21 heteroatoms. The number of para-hydroxylation sites is 1. The number of carbonyl (C=O) groups excluding carboxylic acids is 2. The molecule has 1 saturated carbocycles. The van der Waals surface area contributed by atoms with Gasteiger partial charge in [0.05, 0.1) is 80.6 Å². The SMILES string of the molecule is CCCCNc1ncc2c(-c3ccc(S(=O)(=O)N4CCN(CCOCCOCCOCCOCCNc5cccc6c5n(C)c(=O)n6C5CCC(=O)NC5=O)CC4)cc3)cn(C3CCC(O)CC3)c2n1. The van der Waals surface area contributed by atoms with E-state index in [1.165, 1.54) is 9.13 Å². The molecule has 2 amide bonds. The smallest absolute Gasteiger partial charge is 0.329 e. The molecule has 2 aliphatic heterocycles. The maximum absolute atomic E-state index is 13.8. The van der Waals surface area contributed by atoms with Crippen LogP contribution in [0.25, 0.3) is 33.2 Å². The van der Waals surface area contributed by atoms with Crippen molar-refractivity contribution in [1.82, 2.24) is 38.2 Å². The zero-order valence-corrected chi connectivity index (χ0v) is 41.2. The first-order valence-electron chi connectivity index (χ1n) is 24.7. The number of ether oxygens (including phenoxy) is 4. The molecule has 3 aromatic heterocycles. The number of hydrogen-bond donors (Lipinski definition) is 4. The summed E-state index contributed by atoms with van der Waals surface area (Å²) in [7, 11) is -2.01. The highest BCUT2D eigenvalue weighted by atomic mass is 32.2. The lowest BCUT2D eigenvalue weighted by atomic mass is 9.93. The second-order valence-electron chi connectivity index (χ2n) is 18.1. The van der Waals surface area contributed by atoms with Gasteiger partial charge in [0.2, 0.25) is 27.8 Å². The van der Waals surface area contributed by atoms with E-state index in [0.29, 0.717) is 109 Å². The van der Waals surface area contributed by atoms with E-state index in [2.05, 4.69) is 43.5 Å². The van der Waals surface area contributed by atoms with Gasteiger partial charge >= 0.3 is 5.69 Å². The van der Waals surface area contributed by atoms with Gasteiger partial charge in [-0.3, -0.25) is 28.9 Å². The molecule has 3 fully saturated rings. The van der Waals surface area contributed by atoms with Crippen LogP contribution >= 0.6 is 0 Å². The highest BCUT2D eigenvalue weighted by Gasteiger charge is 2.32. The van der Waals surface area contributed by atoms with Crippen molar-refractivity contribution in [3.8, 4) is 11.1 Å². The van der Waals surface area contributed by atoms with Crippen LogP contribution in [0.2, 0.25) is 0 Å². The molecule has 70 heavy (non-hydrogen) atoms. The Morgan fingerprint density at radius 3 is 2.19 bits per heavy atom. The Morgan fingerprint density at radius 1 is 0.814 bits per heavy atom. The van der Waals surface area contributed by atoms with E-state index in [0.717, 1.165) is 72.9 Å². The molecule has 5 aromatic rings. The van der Waals surface area contributed by atoms with Crippen molar-refractivity contribution >= 4 is 55.5 Å². The van der Waals surface area contributed by atoms with E-state index in [9.17, 15) is 27.9 Å². The number of sulfonamides is 1. The fourth-order valence-electron chi connectivity index (χ4n) is 9.51. The second kappa shape index (κ2) is 24.2. The van der Waals surface area contributed by atoms with Gasteiger partial charge in [-0.25, -0.2) is 18.2 Å². The van der Waals surface area contributed by atoms with Gasteiger partial charge in [-0.1, -0.05) is 31.5 Å². The summed E-state index contributed by atoms with van der Waals surface area (Å²) in [6, 6.07) is 12.1. The van der Waals surface area contributed by atoms with E-state index in [1.807, 2.05) is 30.5 Å². The number of piperidine rings is 1. The number of aliphatic hydroxyl groups is 1. The van der Waals surface area contributed by atoms with Crippen LogP contribution < -0.4 is 21.6 Å².